The van der Waals surface area contributed by atoms with Crippen molar-refractivity contribution in [2.45, 2.75) is 44.3 Å². The molecule has 46 heavy (non-hydrogen) atoms. The molecule has 2 nitrogen and oxygen atoms in total. The summed E-state index contributed by atoms with van der Waals surface area (Å²) in [5.41, 5.74) is 9.49. The molecule has 0 bridgehead atoms. The van der Waals surface area contributed by atoms with Crippen LogP contribution in [0.2, 0.25) is 0 Å². The highest BCUT2D eigenvalue weighted by Crippen LogP contribution is 2.63. The molecule has 0 radical (unpaired) electrons. The number of benzene rings is 7. The van der Waals surface area contributed by atoms with Crippen LogP contribution in [0.3, 0.4) is 0 Å². The maximum absolute atomic E-state index is 10.7. The summed E-state index contributed by atoms with van der Waals surface area (Å²) in [5, 5.41) is 18.5. The van der Waals surface area contributed by atoms with Gasteiger partial charge in [0.2, 0.25) is 0 Å². The Balaban J connectivity index is 1.34. The Morgan fingerprint density at radius 3 is 1.50 bits per heavy atom. The molecule has 0 saturated carbocycles. The van der Waals surface area contributed by atoms with Gasteiger partial charge in [0.1, 0.15) is 0 Å². The quantitative estimate of drug-likeness (QED) is 0.163. The van der Waals surface area contributed by atoms with Crippen molar-refractivity contribution < 1.29 is 9.76 Å². The van der Waals surface area contributed by atoms with Gasteiger partial charge in [0.05, 0.1) is 16.6 Å². The first-order valence-electron chi connectivity index (χ1n) is 16.3. The van der Waals surface area contributed by atoms with Crippen LogP contribution in [0.15, 0.2) is 127 Å². The van der Waals surface area contributed by atoms with E-state index in [4.69, 9.17) is 4.65 Å². The summed E-state index contributed by atoms with van der Waals surface area (Å²) < 4.78 is 6.33. The van der Waals surface area contributed by atoms with Crippen LogP contribution in [0.5, 0.6) is 0 Å². The van der Waals surface area contributed by atoms with E-state index in [-0.39, 0.29) is 0 Å². The molecular formula is C43H35BO2. The molecule has 2 aliphatic rings. The van der Waals surface area contributed by atoms with E-state index in [1.165, 1.54) is 76.8 Å². The van der Waals surface area contributed by atoms with Crippen LogP contribution >= 0.6 is 0 Å². The molecule has 1 N–H and O–H groups in total. The standard InChI is InChI=1S/C43H35BO2/c1-41(2,45)42(3,4)46-44-26-21-22-39-35(23-26)31-17-9-11-19-37(31)43(39)38-20-12-10-18-32(38)36-24-33-29-15-7-5-13-27(29)28-14-6-8-16-30(28)34(33)25-40(36)43/h5-25,44-45H,1-4H3. The Kier molecular flexibility index (Phi) is 5.65. The first-order chi connectivity index (χ1) is 22.2. The van der Waals surface area contributed by atoms with Gasteiger partial charge in [0.15, 0.2) is 0 Å². The molecule has 0 fully saturated rings. The zero-order valence-electron chi connectivity index (χ0n) is 26.7. The van der Waals surface area contributed by atoms with Crippen molar-refractivity contribution in [1.29, 1.82) is 0 Å². The predicted octanol–water partition coefficient (Wildman–Crippen LogP) is 9.03. The van der Waals surface area contributed by atoms with Crippen LogP contribution in [-0.4, -0.2) is 23.8 Å². The van der Waals surface area contributed by atoms with Crippen LogP contribution in [0.4, 0.5) is 0 Å². The average molecular weight is 595 g/mol. The molecule has 0 heterocycles. The second-order valence-electron chi connectivity index (χ2n) is 14.1. The van der Waals surface area contributed by atoms with E-state index in [1.807, 2.05) is 13.8 Å². The Morgan fingerprint density at radius 2 is 0.935 bits per heavy atom. The molecule has 1 unspecified atom stereocenters. The molecule has 1 atom stereocenters. The van der Waals surface area contributed by atoms with Crippen molar-refractivity contribution in [3.05, 3.63) is 150 Å². The topological polar surface area (TPSA) is 29.5 Å². The van der Waals surface area contributed by atoms with Gasteiger partial charge < -0.3 is 9.76 Å². The predicted molar refractivity (Wildman–Crippen MR) is 194 cm³/mol. The van der Waals surface area contributed by atoms with E-state index < -0.39 is 16.6 Å². The summed E-state index contributed by atoms with van der Waals surface area (Å²) in [7, 11) is 0.427. The van der Waals surface area contributed by atoms with E-state index in [0.29, 0.717) is 7.48 Å². The summed E-state index contributed by atoms with van der Waals surface area (Å²) in [6.07, 6.45) is 0. The van der Waals surface area contributed by atoms with Crippen molar-refractivity contribution in [3.8, 4) is 22.3 Å². The van der Waals surface area contributed by atoms with E-state index >= 15 is 0 Å². The molecule has 0 aliphatic heterocycles. The summed E-state index contributed by atoms with van der Waals surface area (Å²) in [6, 6.07) is 47.5. The molecule has 7 aromatic rings. The molecule has 9 rings (SSSR count). The maximum Gasteiger partial charge on any atom is 0.309 e. The van der Waals surface area contributed by atoms with Crippen molar-refractivity contribution in [1.82, 2.24) is 0 Å². The van der Waals surface area contributed by atoms with Crippen molar-refractivity contribution in [2.75, 3.05) is 0 Å². The first kappa shape index (κ1) is 27.6. The molecule has 0 aromatic heterocycles. The van der Waals surface area contributed by atoms with Gasteiger partial charge in [-0.15, -0.1) is 0 Å². The van der Waals surface area contributed by atoms with Crippen molar-refractivity contribution in [2.24, 2.45) is 0 Å². The van der Waals surface area contributed by atoms with Gasteiger partial charge in [-0.1, -0.05) is 121 Å². The minimum absolute atomic E-state index is 0.426. The fraction of sp³-hybridized carbons (Fsp3) is 0.163. The lowest BCUT2D eigenvalue weighted by atomic mass is 9.69. The van der Waals surface area contributed by atoms with Gasteiger partial charge in [0, 0.05) is 0 Å². The molecule has 1 spiro atoms. The Bertz CT molecular complexity index is 2400. The zero-order chi connectivity index (χ0) is 31.4. The average Bonchev–Trinajstić information content (AvgIpc) is 3.53. The molecule has 7 aromatic carbocycles. The van der Waals surface area contributed by atoms with Crippen LogP contribution < -0.4 is 5.46 Å². The number of fused-ring (bicyclic) bond motifs is 16. The highest BCUT2D eigenvalue weighted by atomic mass is 16.5. The number of rotatable bonds is 4. The minimum Gasteiger partial charge on any atom is -0.427 e. The molecule has 2 aliphatic carbocycles. The van der Waals surface area contributed by atoms with Gasteiger partial charge >= 0.3 is 7.48 Å². The van der Waals surface area contributed by atoms with Crippen LogP contribution in [-0.2, 0) is 10.1 Å². The van der Waals surface area contributed by atoms with Gasteiger partial charge in [0.25, 0.3) is 0 Å². The van der Waals surface area contributed by atoms with Gasteiger partial charge in [-0.2, -0.15) is 0 Å². The fourth-order valence-electron chi connectivity index (χ4n) is 8.12. The third-order valence-corrected chi connectivity index (χ3v) is 11.1. The first-order valence-corrected chi connectivity index (χ1v) is 16.3. The second-order valence-corrected chi connectivity index (χ2v) is 14.1. The normalized spacial score (nSPS) is 16.5. The minimum atomic E-state index is -0.962. The third kappa shape index (κ3) is 3.56. The molecule has 0 amide bonds. The third-order valence-electron chi connectivity index (χ3n) is 11.1. The summed E-state index contributed by atoms with van der Waals surface area (Å²) in [5.74, 6) is 0. The van der Waals surface area contributed by atoms with Crippen LogP contribution in [0.25, 0.3) is 54.6 Å². The smallest absolute Gasteiger partial charge is 0.309 e. The fourth-order valence-corrected chi connectivity index (χ4v) is 8.12. The summed E-state index contributed by atoms with van der Waals surface area (Å²) in [4.78, 5) is 0. The lowest BCUT2D eigenvalue weighted by molar-refractivity contribution is -0.0893. The van der Waals surface area contributed by atoms with Gasteiger partial charge in [-0.3, -0.25) is 0 Å². The molecule has 222 valence electrons. The van der Waals surface area contributed by atoms with Gasteiger partial charge in [-0.05, 0) is 117 Å². The SMILES string of the molecule is CC(C)(O)C(C)(C)OBc1ccc2c(c1)-c1ccccc1C21c2ccccc2-c2cc3c4ccccc4c4ccccc4c3cc21. The lowest BCUT2D eigenvalue weighted by Gasteiger charge is -2.37. The summed E-state index contributed by atoms with van der Waals surface area (Å²) >= 11 is 0. The number of hydrogen-bond acceptors (Lipinski definition) is 2. The van der Waals surface area contributed by atoms with Crippen molar-refractivity contribution in [3.63, 3.8) is 0 Å². The number of hydrogen-bond donors (Lipinski definition) is 1. The molecule has 3 heteroatoms. The Labute approximate surface area is 270 Å². The Hall–Kier alpha value is -4.70. The largest absolute Gasteiger partial charge is 0.427 e. The second kappa shape index (κ2) is 9.42. The lowest BCUT2D eigenvalue weighted by Crippen LogP contribution is -2.49. The summed E-state index contributed by atoms with van der Waals surface area (Å²) in [6.45, 7) is 7.52. The van der Waals surface area contributed by atoms with E-state index in [0.717, 1.165) is 5.46 Å². The highest BCUT2D eigenvalue weighted by Gasteiger charge is 2.51. The monoisotopic (exact) mass is 594 g/mol. The van der Waals surface area contributed by atoms with E-state index in [1.54, 1.807) is 13.8 Å². The molecule has 0 saturated heterocycles. The Morgan fingerprint density at radius 1 is 0.478 bits per heavy atom. The van der Waals surface area contributed by atoms with E-state index in [2.05, 4.69) is 127 Å². The highest BCUT2D eigenvalue weighted by molar-refractivity contribution is 6.47. The maximum atomic E-state index is 10.7. The number of aliphatic hydroxyl groups is 1. The molecular weight excluding hydrogens is 559 g/mol. The van der Waals surface area contributed by atoms with Crippen molar-refractivity contribution >= 4 is 45.3 Å². The van der Waals surface area contributed by atoms with Crippen LogP contribution in [0.1, 0.15) is 49.9 Å². The zero-order valence-corrected chi connectivity index (χ0v) is 26.7. The van der Waals surface area contributed by atoms with Gasteiger partial charge in [-0.25, -0.2) is 0 Å². The van der Waals surface area contributed by atoms with Crippen LogP contribution in [0, 0.1) is 0 Å². The van der Waals surface area contributed by atoms with E-state index in [9.17, 15) is 5.11 Å².